The van der Waals surface area contributed by atoms with Crippen LogP contribution in [-0.4, -0.2) is 11.5 Å². The maximum atomic E-state index is 13.2. The molecule has 0 aliphatic carbocycles. The van der Waals surface area contributed by atoms with Crippen LogP contribution in [0.2, 0.25) is 0 Å². The Labute approximate surface area is 116 Å². The van der Waals surface area contributed by atoms with Gasteiger partial charge < -0.3 is 10.1 Å². The maximum absolute atomic E-state index is 13.2. The fraction of sp³-hybridized carbons (Fsp3) is 0.267. The van der Waals surface area contributed by atoms with Crippen molar-refractivity contribution in [1.82, 2.24) is 10.3 Å². The summed E-state index contributed by atoms with van der Waals surface area (Å²) in [6, 6.07) is 6.74. The molecule has 2 aromatic rings. The Bertz CT molecular complexity index is 570. The van der Waals surface area contributed by atoms with Gasteiger partial charge in [-0.1, -0.05) is 13.0 Å². The third kappa shape index (κ3) is 3.51. The van der Waals surface area contributed by atoms with Crippen molar-refractivity contribution >= 4 is 0 Å². The molecule has 1 atom stereocenters. The van der Waals surface area contributed by atoms with Crippen LogP contribution in [0.25, 0.3) is 0 Å². The van der Waals surface area contributed by atoms with Gasteiger partial charge in [0.25, 0.3) is 0 Å². The van der Waals surface area contributed by atoms with Gasteiger partial charge in [0.1, 0.15) is 17.4 Å². The number of ether oxygens (including phenoxy) is 1. The van der Waals surface area contributed by atoms with Crippen molar-refractivity contribution in [2.75, 3.05) is 6.54 Å². The van der Waals surface area contributed by atoms with Crippen LogP contribution in [0.3, 0.4) is 0 Å². The molecule has 0 fully saturated rings. The van der Waals surface area contributed by atoms with E-state index in [9.17, 15) is 8.78 Å². The number of nitrogens with one attached hydrogen (secondary N) is 1. The number of nitrogens with zero attached hydrogens (tertiary/aromatic N) is 1. The first-order valence-electron chi connectivity index (χ1n) is 6.42. The van der Waals surface area contributed by atoms with Crippen molar-refractivity contribution in [3.05, 3.63) is 53.7 Å². The molecule has 1 aromatic carbocycles. The minimum atomic E-state index is -0.683. The van der Waals surface area contributed by atoms with Gasteiger partial charge in [0.15, 0.2) is 0 Å². The Morgan fingerprint density at radius 2 is 1.95 bits per heavy atom. The van der Waals surface area contributed by atoms with Crippen LogP contribution in [-0.2, 0) is 0 Å². The summed E-state index contributed by atoms with van der Waals surface area (Å²) in [4.78, 5) is 4.13. The quantitative estimate of drug-likeness (QED) is 0.902. The largest absolute Gasteiger partial charge is 0.438 e. The van der Waals surface area contributed by atoms with Crippen LogP contribution in [0.5, 0.6) is 11.6 Å². The van der Waals surface area contributed by atoms with Gasteiger partial charge in [-0.15, -0.1) is 0 Å². The molecule has 0 aliphatic rings. The Morgan fingerprint density at radius 1 is 1.25 bits per heavy atom. The fourth-order valence-corrected chi connectivity index (χ4v) is 1.93. The summed E-state index contributed by atoms with van der Waals surface area (Å²) < 4.78 is 31.8. The molecule has 1 aromatic heterocycles. The first-order valence-corrected chi connectivity index (χ1v) is 6.42. The van der Waals surface area contributed by atoms with E-state index >= 15 is 0 Å². The monoisotopic (exact) mass is 278 g/mol. The second-order valence-corrected chi connectivity index (χ2v) is 4.38. The van der Waals surface area contributed by atoms with Crippen molar-refractivity contribution in [2.24, 2.45) is 0 Å². The lowest BCUT2D eigenvalue weighted by Crippen LogP contribution is -2.18. The van der Waals surface area contributed by atoms with E-state index in [0.29, 0.717) is 5.88 Å². The molecule has 20 heavy (non-hydrogen) atoms. The number of rotatable bonds is 5. The lowest BCUT2D eigenvalue weighted by atomic mass is 10.1. The molecule has 0 bridgehead atoms. The van der Waals surface area contributed by atoms with E-state index in [1.807, 2.05) is 19.9 Å². The van der Waals surface area contributed by atoms with E-state index in [-0.39, 0.29) is 11.8 Å². The zero-order chi connectivity index (χ0) is 14.5. The van der Waals surface area contributed by atoms with Crippen molar-refractivity contribution in [3.8, 4) is 11.6 Å². The van der Waals surface area contributed by atoms with Crippen LogP contribution in [0.4, 0.5) is 8.78 Å². The molecule has 5 heteroatoms. The molecule has 0 spiro atoms. The molecule has 0 aliphatic heterocycles. The third-order valence-corrected chi connectivity index (χ3v) is 2.83. The second-order valence-electron chi connectivity index (χ2n) is 4.38. The van der Waals surface area contributed by atoms with Crippen LogP contribution < -0.4 is 10.1 Å². The highest BCUT2D eigenvalue weighted by Crippen LogP contribution is 2.28. The smallest absolute Gasteiger partial charge is 0.223 e. The number of benzene rings is 1. The summed E-state index contributed by atoms with van der Waals surface area (Å²) in [5.41, 5.74) is 0.832. The number of aromatic nitrogens is 1. The van der Waals surface area contributed by atoms with E-state index in [1.165, 1.54) is 0 Å². The van der Waals surface area contributed by atoms with Crippen LogP contribution >= 0.6 is 0 Å². The van der Waals surface area contributed by atoms with E-state index in [4.69, 9.17) is 4.74 Å². The lowest BCUT2D eigenvalue weighted by molar-refractivity contribution is 0.435. The number of pyridine rings is 1. The summed E-state index contributed by atoms with van der Waals surface area (Å²) in [7, 11) is 0. The minimum absolute atomic E-state index is 0.0297. The molecule has 1 heterocycles. The molecule has 0 saturated heterocycles. The Kier molecular flexibility index (Phi) is 4.63. The summed E-state index contributed by atoms with van der Waals surface area (Å²) in [5.74, 6) is -0.938. The first-order chi connectivity index (χ1) is 9.60. The molecule has 0 saturated carbocycles. The van der Waals surface area contributed by atoms with Gasteiger partial charge in [-0.05, 0) is 19.5 Å². The minimum Gasteiger partial charge on any atom is -0.438 e. The first kappa shape index (κ1) is 14.4. The molecule has 2 rings (SSSR count). The molecule has 0 amide bonds. The highest BCUT2D eigenvalue weighted by Gasteiger charge is 2.13. The third-order valence-electron chi connectivity index (χ3n) is 2.83. The number of hydrogen-bond donors (Lipinski definition) is 1. The standard InChI is InChI=1S/C15H16F2N2O/c1-3-18-10(2)14-5-4-6-19-15(14)20-13-8-11(16)7-12(17)9-13/h4-10,18H,3H2,1-2H3. The fourth-order valence-electron chi connectivity index (χ4n) is 1.93. The zero-order valence-electron chi connectivity index (χ0n) is 11.4. The molecule has 0 radical (unpaired) electrons. The average molecular weight is 278 g/mol. The number of hydrogen-bond acceptors (Lipinski definition) is 3. The molecular formula is C15H16F2N2O. The van der Waals surface area contributed by atoms with Gasteiger partial charge in [0.2, 0.25) is 5.88 Å². The highest BCUT2D eigenvalue weighted by molar-refractivity contribution is 5.34. The lowest BCUT2D eigenvalue weighted by Gasteiger charge is -2.16. The van der Waals surface area contributed by atoms with E-state index in [1.54, 1.807) is 12.3 Å². The van der Waals surface area contributed by atoms with Gasteiger partial charge in [0.05, 0.1) is 0 Å². The van der Waals surface area contributed by atoms with Crippen molar-refractivity contribution in [2.45, 2.75) is 19.9 Å². The molecular weight excluding hydrogens is 262 g/mol. The summed E-state index contributed by atoms with van der Waals surface area (Å²) in [5, 5.41) is 3.24. The van der Waals surface area contributed by atoms with Crippen molar-refractivity contribution < 1.29 is 13.5 Å². The average Bonchev–Trinajstić information content (AvgIpc) is 2.38. The van der Waals surface area contributed by atoms with Crippen molar-refractivity contribution in [3.63, 3.8) is 0 Å². The normalized spacial score (nSPS) is 12.2. The summed E-state index contributed by atoms with van der Waals surface area (Å²) >= 11 is 0. The topological polar surface area (TPSA) is 34.2 Å². The highest BCUT2D eigenvalue weighted by atomic mass is 19.1. The summed E-state index contributed by atoms with van der Waals surface area (Å²) in [6.07, 6.45) is 1.58. The van der Waals surface area contributed by atoms with Gasteiger partial charge in [0, 0.05) is 36.0 Å². The van der Waals surface area contributed by atoms with Gasteiger partial charge >= 0.3 is 0 Å². The van der Waals surface area contributed by atoms with Crippen molar-refractivity contribution in [1.29, 1.82) is 0 Å². The van der Waals surface area contributed by atoms with E-state index < -0.39 is 11.6 Å². The van der Waals surface area contributed by atoms with Crippen LogP contribution in [0.1, 0.15) is 25.5 Å². The predicted octanol–water partition coefficient (Wildman–Crippen LogP) is 3.82. The number of halogens is 2. The van der Waals surface area contributed by atoms with E-state index in [0.717, 1.165) is 30.3 Å². The molecule has 1 unspecified atom stereocenters. The summed E-state index contributed by atoms with van der Waals surface area (Å²) in [6.45, 7) is 4.76. The molecule has 3 nitrogen and oxygen atoms in total. The second kappa shape index (κ2) is 6.43. The van der Waals surface area contributed by atoms with Gasteiger partial charge in [-0.3, -0.25) is 0 Å². The Morgan fingerprint density at radius 3 is 2.60 bits per heavy atom. The van der Waals surface area contributed by atoms with Crippen LogP contribution in [0, 0.1) is 11.6 Å². The Balaban J connectivity index is 2.29. The SMILES string of the molecule is CCNC(C)c1cccnc1Oc1cc(F)cc(F)c1. The zero-order valence-corrected chi connectivity index (χ0v) is 11.4. The molecule has 106 valence electrons. The van der Waals surface area contributed by atoms with Gasteiger partial charge in [-0.25, -0.2) is 13.8 Å². The predicted molar refractivity (Wildman–Crippen MR) is 72.8 cm³/mol. The van der Waals surface area contributed by atoms with Gasteiger partial charge in [-0.2, -0.15) is 0 Å². The Hall–Kier alpha value is -2.01. The maximum Gasteiger partial charge on any atom is 0.223 e. The van der Waals surface area contributed by atoms with Crippen LogP contribution in [0.15, 0.2) is 36.5 Å². The van der Waals surface area contributed by atoms with E-state index in [2.05, 4.69) is 10.3 Å². The molecule has 1 N–H and O–H groups in total.